The number of benzene rings is 2. The van der Waals surface area contributed by atoms with Crippen LogP contribution in [0, 0.1) is 0 Å². The SMILES string of the molecule is FC(F)(F)c1ccc(NC2CCN(c3cc(OC4CCN(c5cccc(C(F)(F)F)c5)CC4)ncn3)CC2)cc1. The Labute approximate surface area is 228 Å². The topological polar surface area (TPSA) is 53.5 Å². The number of hydrogen-bond acceptors (Lipinski definition) is 6. The average molecular weight is 566 g/mol. The van der Waals surface area contributed by atoms with E-state index < -0.39 is 23.5 Å². The van der Waals surface area contributed by atoms with Crippen molar-refractivity contribution in [3.8, 4) is 5.88 Å². The fraction of sp³-hybridized carbons (Fsp3) is 0.429. The molecular weight excluding hydrogens is 536 g/mol. The summed E-state index contributed by atoms with van der Waals surface area (Å²) >= 11 is 0. The first-order valence-electron chi connectivity index (χ1n) is 13.1. The third-order valence-corrected chi connectivity index (χ3v) is 7.30. The molecule has 2 aliphatic rings. The third kappa shape index (κ3) is 6.89. The lowest BCUT2D eigenvalue weighted by Gasteiger charge is -2.34. The van der Waals surface area contributed by atoms with Crippen LogP contribution < -0.4 is 19.9 Å². The van der Waals surface area contributed by atoms with Gasteiger partial charge in [0.1, 0.15) is 18.2 Å². The van der Waals surface area contributed by atoms with Gasteiger partial charge in [-0.2, -0.15) is 26.3 Å². The number of rotatable bonds is 6. The Morgan fingerprint density at radius 2 is 1.38 bits per heavy atom. The number of anilines is 3. The number of aromatic nitrogens is 2. The van der Waals surface area contributed by atoms with Crippen LogP contribution in [-0.4, -0.2) is 48.3 Å². The summed E-state index contributed by atoms with van der Waals surface area (Å²) in [5, 5.41) is 3.31. The van der Waals surface area contributed by atoms with Crippen LogP contribution in [0.5, 0.6) is 5.88 Å². The highest BCUT2D eigenvalue weighted by molar-refractivity contribution is 5.50. The van der Waals surface area contributed by atoms with Crippen molar-refractivity contribution in [2.45, 2.75) is 50.2 Å². The Bertz CT molecular complexity index is 1270. The maximum absolute atomic E-state index is 13.1. The van der Waals surface area contributed by atoms with E-state index in [4.69, 9.17) is 4.74 Å². The first-order valence-corrected chi connectivity index (χ1v) is 13.1. The molecule has 5 rings (SSSR count). The summed E-state index contributed by atoms with van der Waals surface area (Å²) in [5.41, 5.74) is -0.121. The van der Waals surface area contributed by atoms with Crippen LogP contribution >= 0.6 is 0 Å². The maximum Gasteiger partial charge on any atom is 0.416 e. The van der Waals surface area contributed by atoms with Crippen LogP contribution in [0.3, 0.4) is 0 Å². The Kier molecular flexibility index (Phi) is 7.95. The second kappa shape index (κ2) is 11.4. The molecule has 3 heterocycles. The van der Waals surface area contributed by atoms with Crippen LogP contribution in [0.25, 0.3) is 0 Å². The number of nitrogens with one attached hydrogen (secondary N) is 1. The molecule has 3 aromatic rings. The van der Waals surface area contributed by atoms with E-state index in [0.717, 1.165) is 36.9 Å². The van der Waals surface area contributed by atoms with Crippen molar-refractivity contribution in [3.63, 3.8) is 0 Å². The highest BCUT2D eigenvalue weighted by Crippen LogP contribution is 2.33. The van der Waals surface area contributed by atoms with E-state index in [9.17, 15) is 26.3 Å². The number of halogens is 6. The smallest absolute Gasteiger partial charge is 0.416 e. The number of hydrogen-bond donors (Lipinski definition) is 1. The lowest BCUT2D eigenvalue weighted by molar-refractivity contribution is -0.138. The molecule has 0 amide bonds. The zero-order chi connectivity index (χ0) is 28.3. The van der Waals surface area contributed by atoms with Gasteiger partial charge in [0.15, 0.2) is 0 Å². The molecule has 2 aromatic carbocycles. The predicted molar refractivity (Wildman–Crippen MR) is 140 cm³/mol. The lowest BCUT2D eigenvalue weighted by Crippen LogP contribution is -2.40. The summed E-state index contributed by atoms with van der Waals surface area (Å²) in [6.07, 6.45) is -4.51. The average Bonchev–Trinajstić information content (AvgIpc) is 2.93. The molecule has 40 heavy (non-hydrogen) atoms. The lowest BCUT2D eigenvalue weighted by atomic mass is 10.0. The number of nitrogens with zero attached hydrogens (tertiary/aromatic N) is 4. The second-order valence-corrected chi connectivity index (χ2v) is 10.0. The van der Waals surface area contributed by atoms with Crippen LogP contribution in [0.4, 0.5) is 43.5 Å². The molecule has 0 bridgehead atoms. The standard InChI is InChI=1S/C28H29F6N5O/c29-27(30,31)19-4-6-21(7-5-19)37-22-8-12-39(13-9-22)25-17-26(36-18-35-25)40-24-10-14-38(15-11-24)23-3-1-2-20(16-23)28(32,33)34/h1-7,16-18,22,24,37H,8-15H2. The van der Waals surface area contributed by atoms with Gasteiger partial charge in [0.25, 0.3) is 0 Å². The van der Waals surface area contributed by atoms with Crippen molar-refractivity contribution in [2.75, 3.05) is 41.3 Å². The Balaban J connectivity index is 1.10. The van der Waals surface area contributed by atoms with Crippen molar-refractivity contribution in [1.29, 1.82) is 0 Å². The van der Waals surface area contributed by atoms with E-state index in [-0.39, 0.29) is 12.1 Å². The summed E-state index contributed by atoms with van der Waals surface area (Å²) < 4.78 is 83.7. The molecule has 2 aliphatic heterocycles. The predicted octanol–water partition coefficient (Wildman–Crippen LogP) is 6.64. The molecular formula is C28H29F6N5O. The summed E-state index contributed by atoms with van der Waals surface area (Å²) in [6, 6.07) is 12.4. The number of ether oxygens (including phenoxy) is 1. The van der Waals surface area contributed by atoms with Crippen molar-refractivity contribution >= 4 is 17.2 Å². The molecule has 2 fully saturated rings. The van der Waals surface area contributed by atoms with Gasteiger partial charge in [0, 0.05) is 62.5 Å². The molecule has 2 saturated heterocycles. The van der Waals surface area contributed by atoms with Crippen molar-refractivity contribution in [2.24, 2.45) is 0 Å². The van der Waals surface area contributed by atoms with Gasteiger partial charge in [0.2, 0.25) is 5.88 Å². The second-order valence-electron chi connectivity index (χ2n) is 10.0. The summed E-state index contributed by atoms with van der Waals surface area (Å²) in [5.74, 6) is 1.19. The molecule has 12 heteroatoms. The molecule has 0 atom stereocenters. The van der Waals surface area contributed by atoms with Gasteiger partial charge in [-0.1, -0.05) is 6.07 Å². The number of piperidine rings is 2. The minimum absolute atomic E-state index is 0.108. The van der Waals surface area contributed by atoms with Crippen LogP contribution in [0.2, 0.25) is 0 Å². The third-order valence-electron chi connectivity index (χ3n) is 7.30. The van der Waals surface area contributed by atoms with Crippen LogP contribution in [0.15, 0.2) is 60.9 Å². The Morgan fingerprint density at radius 1 is 0.725 bits per heavy atom. The van der Waals surface area contributed by atoms with E-state index in [1.54, 1.807) is 12.1 Å². The Morgan fingerprint density at radius 3 is 2.02 bits per heavy atom. The quantitative estimate of drug-likeness (QED) is 0.338. The van der Waals surface area contributed by atoms with E-state index in [1.807, 2.05) is 4.90 Å². The maximum atomic E-state index is 13.1. The van der Waals surface area contributed by atoms with E-state index in [0.29, 0.717) is 56.3 Å². The normalized spacial score (nSPS) is 17.6. The fourth-order valence-electron chi connectivity index (χ4n) is 5.09. The monoisotopic (exact) mass is 565 g/mol. The van der Waals surface area contributed by atoms with Crippen molar-refractivity contribution < 1.29 is 31.1 Å². The molecule has 0 radical (unpaired) electrons. The minimum Gasteiger partial charge on any atom is -0.474 e. The zero-order valence-corrected chi connectivity index (χ0v) is 21.5. The molecule has 0 unspecified atom stereocenters. The van der Waals surface area contributed by atoms with Gasteiger partial charge in [-0.25, -0.2) is 9.97 Å². The molecule has 1 aromatic heterocycles. The summed E-state index contributed by atoms with van der Waals surface area (Å²) in [6.45, 7) is 2.57. The first kappa shape index (κ1) is 27.9. The van der Waals surface area contributed by atoms with E-state index in [2.05, 4.69) is 20.2 Å². The molecule has 0 saturated carbocycles. The molecule has 1 N–H and O–H groups in total. The van der Waals surface area contributed by atoms with Crippen molar-refractivity contribution in [3.05, 3.63) is 72.1 Å². The summed E-state index contributed by atoms with van der Waals surface area (Å²) in [7, 11) is 0. The zero-order valence-electron chi connectivity index (χ0n) is 21.5. The summed E-state index contributed by atoms with van der Waals surface area (Å²) in [4.78, 5) is 12.7. The van der Waals surface area contributed by atoms with Crippen LogP contribution in [-0.2, 0) is 12.4 Å². The van der Waals surface area contributed by atoms with E-state index >= 15 is 0 Å². The van der Waals surface area contributed by atoms with E-state index in [1.165, 1.54) is 30.6 Å². The highest BCUT2D eigenvalue weighted by atomic mass is 19.4. The van der Waals surface area contributed by atoms with Gasteiger partial charge < -0.3 is 19.9 Å². The van der Waals surface area contributed by atoms with Gasteiger partial charge >= 0.3 is 12.4 Å². The molecule has 0 aliphatic carbocycles. The fourth-order valence-corrected chi connectivity index (χ4v) is 5.09. The largest absolute Gasteiger partial charge is 0.474 e. The molecule has 214 valence electrons. The molecule has 0 spiro atoms. The molecule has 6 nitrogen and oxygen atoms in total. The minimum atomic E-state index is -4.37. The Hall–Kier alpha value is -3.70. The van der Waals surface area contributed by atoms with Gasteiger partial charge in [0.05, 0.1) is 11.1 Å². The van der Waals surface area contributed by atoms with Gasteiger partial charge in [-0.05, 0) is 55.3 Å². The van der Waals surface area contributed by atoms with Crippen molar-refractivity contribution in [1.82, 2.24) is 9.97 Å². The number of alkyl halides is 6. The highest BCUT2D eigenvalue weighted by Gasteiger charge is 2.32. The van der Waals surface area contributed by atoms with Crippen LogP contribution in [0.1, 0.15) is 36.8 Å². The first-order chi connectivity index (χ1) is 19.0. The van der Waals surface area contributed by atoms with Gasteiger partial charge in [-0.3, -0.25) is 0 Å². The van der Waals surface area contributed by atoms with Gasteiger partial charge in [-0.15, -0.1) is 0 Å².